The summed E-state index contributed by atoms with van der Waals surface area (Å²) in [6.07, 6.45) is 4.63. The van der Waals surface area contributed by atoms with Gasteiger partial charge in [0.25, 0.3) is 0 Å². The fraction of sp³-hybridized carbons (Fsp3) is 0.182. The number of aromatic nitrogens is 4. The molecule has 4 aromatic rings. The molecule has 0 aliphatic heterocycles. The molecule has 8 heteroatoms. The number of hydrogen-bond acceptors (Lipinski definition) is 5. The Morgan fingerprint density at radius 3 is 2.67 bits per heavy atom. The van der Waals surface area contributed by atoms with E-state index >= 15 is 0 Å². The van der Waals surface area contributed by atoms with Crippen molar-refractivity contribution in [2.75, 3.05) is 5.32 Å². The Balaban J connectivity index is 1.77. The van der Waals surface area contributed by atoms with E-state index in [2.05, 4.69) is 20.4 Å². The first kappa shape index (κ1) is 19.5. The van der Waals surface area contributed by atoms with E-state index in [0.29, 0.717) is 28.3 Å². The van der Waals surface area contributed by atoms with Gasteiger partial charge in [-0.05, 0) is 50.2 Å². The zero-order valence-corrected chi connectivity index (χ0v) is 16.5. The zero-order valence-electron chi connectivity index (χ0n) is 16.5. The summed E-state index contributed by atoms with van der Waals surface area (Å²) >= 11 is 0. The van der Waals surface area contributed by atoms with Gasteiger partial charge in [0.1, 0.15) is 11.6 Å². The van der Waals surface area contributed by atoms with Crippen molar-refractivity contribution in [2.45, 2.75) is 26.4 Å². The first-order chi connectivity index (χ1) is 14.5. The number of anilines is 1. The summed E-state index contributed by atoms with van der Waals surface area (Å²) in [5.41, 5.74) is 1.95. The number of amides is 1. The van der Waals surface area contributed by atoms with E-state index < -0.39 is 0 Å². The molecule has 0 aliphatic rings. The minimum atomic E-state index is -0.337. The van der Waals surface area contributed by atoms with Gasteiger partial charge in [-0.15, -0.1) is 5.10 Å². The largest absolute Gasteiger partial charge is 0.490 e. The number of carbonyl (C=O) groups is 1. The SMILES string of the molecule is CC(C)Oc1cccc2c1c(NC(=O)Cc1cnccn1)nn2-c1ccc(F)cc1. The van der Waals surface area contributed by atoms with Crippen LogP contribution in [0.1, 0.15) is 19.5 Å². The molecule has 0 aliphatic carbocycles. The first-order valence-electron chi connectivity index (χ1n) is 9.50. The predicted molar refractivity (Wildman–Crippen MR) is 111 cm³/mol. The standard InChI is InChI=1S/C22H20FN5O2/c1-14(2)30-19-5-3-4-18-21(19)22(26-20(29)12-16-13-24-10-11-25-16)27-28(18)17-8-6-15(23)7-9-17/h3-11,13-14H,12H2,1-2H3,(H,26,27,29). The quantitative estimate of drug-likeness (QED) is 0.526. The fourth-order valence-corrected chi connectivity index (χ4v) is 3.12. The number of rotatable bonds is 6. The summed E-state index contributed by atoms with van der Waals surface area (Å²) in [6.45, 7) is 3.85. The zero-order chi connectivity index (χ0) is 21.1. The number of carbonyl (C=O) groups excluding carboxylic acids is 1. The van der Waals surface area contributed by atoms with E-state index in [4.69, 9.17) is 4.74 Å². The lowest BCUT2D eigenvalue weighted by atomic mass is 10.2. The van der Waals surface area contributed by atoms with Gasteiger partial charge >= 0.3 is 0 Å². The first-order valence-corrected chi connectivity index (χ1v) is 9.50. The number of ether oxygens (including phenoxy) is 1. The van der Waals surface area contributed by atoms with Gasteiger partial charge in [-0.2, -0.15) is 0 Å². The van der Waals surface area contributed by atoms with Crippen molar-refractivity contribution in [3.05, 3.63) is 72.6 Å². The predicted octanol–water partition coefficient (Wildman–Crippen LogP) is 3.92. The molecule has 30 heavy (non-hydrogen) atoms. The highest BCUT2D eigenvalue weighted by atomic mass is 19.1. The Hall–Kier alpha value is -3.81. The van der Waals surface area contributed by atoms with Crippen LogP contribution in [-0.4, -0.2) is 31.8 Å². The minimum absolute atomic E-state index is 0.0615. The van der Waals surface area contributed by atoms with Crippen LogP contribution in [0.25, 0.3) is 16.6 Å². The van der Waals surface area contributed by atoms with Crippen molar-refractivity contribution >= 4 is 22.6 Å². The maximum absolute atomic E-state index is 13.4. The number of halogens is 1. The van der Waals surface area contributed by atoms with E-state index in [1.165, 1.54) is 18.3 Å². The Morgan fingerprint density at radius 1 is 1.17 bits per heavy atom. The molecule has 1 amide bonds. The lowest BCUT2D eigenvalue weighted by Gasteiger charge is -2.11. The van der Waals surface area contributed by atoms with Gasteiger partial charge in [-0.1, -0.05) is 6.07 Å². The van der Waals surface area contributed by atoms with Crippen molar-refractivity contribution in [3.8, 4) is 11.4 Å². The summed E-state index contributed by atoms with van der Waals surface area (Å²) in [4.78, 5) is 20.7. The van der Waals surface area contributed by atoms with Crippen LogP contribution in [0.15, 0.2) is 61.1 Å². The molecular weight excluding hydrogens is 385 g/mol. The van der Waals surface area contributed by atoms with Gasteiger partial charge in [0.05, 0.1) is 34.8 Å². The van der Waals surface area contributed by atoms with Crippen LogP contribution in [-0.2, 0) is 11.2 Å². The summed E-state index contributed by atoms with van der Waals surface area (Å²) in [5, 5.41) is 8.11. The summed E-state index contributed by atoms with van der Waals surface area (Å²) < 4.78 is 21.0. The monoisotopic (exact) mass is 405 g/mol. The Labute approximate surface area is 172 Å². The van der Waals surface area contributed by atoms with Crippen molar-refractivity contribution in [1.82, 2.24) is 19.7 Å². The molecule has 1 N–H and O–H groups in total. The van der Waals surface area contributed by atoms with E-state index in [1.807, 2.05) is 32.0 Å². The number of benzene rings is 2. The Kier molecular flexibility index (Phi) is 5.38. The van der Waals surface area contributed by atoms with Crippen LogP contribution in [0.2, 0.25) is 0 Å². The Bertz CT molecular complexity index is 1170. The van der Waals surface area contributed by atoms with Crippen molar-refractivity contribution < 1.29 is 13.9 Å². The highest BCUT2D eigenvalue weighted by Crippen LogP contribution is 2.34. The molecule has 2 heterocycles. The van der Waals surface area contributed by atoms with Gasteiger partial charge in [0.15, 0.2) is 5.82 Å². The van der Waals surface area contributed by atoms with Crippen LogP contribution in [0.4, 0.5) is 10.2 Å². The molecule has 4 rings (SSSR count). The molecule has 0 saturated carbocycles. The van der Waals surface area contributed by atoms with E-state index in [0.717, 1.165) is 5.52 Å². The van der Waals surface area contributed by atoms with E-state index in [9.17, 15) is 9.18 Å². The highest BCUT2D eigenvalue weighted by molar-refractivity contribution is 6.03. The second kappa shape index (κ2) is 8.28. The average molecular weight is 405 g/mol. The lowest BCUT2D eigenvalue weighted by Crippen LogP contribution is -2.16. The molecule has 0 bridgehead atoms. The van der Waals surface area contributed by atoms with Crippen LogP contribution < -0.4 is 10.1 Å². The number of fused-ring (bicyclic) bond motifs is 1. The highest BCUT2D eigenvalue weighted by Gasteiger charge is 2.19. The van der Waals surface area contributed by atoms with Crippen LogP contribution >= 0.6 is 0 Å². The van der Waals surface area contributed by atoms with Crippen molar-refractivity contribution in [1.29, 1.82) is 0 Å². The van der Waals surface area contributed by atoms with Gasteiger partial charge in [-0.3, -0.25) is 14.8 Å². The number of nitrogens with one attached hydrogen (secondary N) is 1. The third-order valence-electron chi connectivity index (χ3n) is 4.32. The van der Waals surface area contributed by atoms with Crippen LogP contribution in [0, 0.1) is 5.82 Å². The van der Waals surface area contributed by atoms with E-state index in [-0.39, 0.29) is 24.2 Å². The molecule has 0 spiro atoms. The van der Waals surface area contributed by atoms with Gasteiger partial charge < -0.3 is 10.1 Å². The fourth-order valence-electron chi connectivity index (χ4n) is 3.12. The minimum Gasteiger partial charge on any atom is -0.490 e. The topological polar surface area (TPSA) is 81.9 Å². The molecule has 0 saturated heterocycles. The molecule has 0 unspecified atom stereocenters. The number of nitrogens with zero attached hydrogens (tertiary/aromatic N) is 4. The Morgan fingerprint density at radius 2 is 1.97 bits per heavy atom. The maximum atomic E-state index is 13.4. The van der Waals surface area contributed by atoms with Gasteiger partial charge in [-0.25, -0.2) is 9.07 Å². The van der Waals surface area contributed by atoms with Gasteiger partial charge in [0, 0.05) is 18.6 Å². The molecule has 2 aromatic carbocycles. The van der Waals surface area contributed by atoms with Crippen molar-refractivity contribution in [3.63, 3.8) is 0 Å². The molecule has 7 nitrogen and oxygen atoms in total. The summed E-state index contributed by atoms with van der Waals surface area (Å²) in [6, 6.07) is 11.5. The van der Waals surface area contributed by atoms with Crippen LogP contribution in [0.5, 0.6) is 5.75 Å². The third kappa shape index (κ3) is 4.12. The third-order valence-corrected chi connectivity index (χ3v) is 4.32. The molecule has 152 valence electrons. The molecule has 2 aromatic heterocycles. The smallest absolute Gasteiger partial charge is 0.231 e. The van der Waals surface area contributed by atoms with Crippen LogP contribution in [0.3, 0.4) is 0 Å². The molecule has 0 radical (unpaired) electrons. The molecule has 0 fully saturated rings. The maximum Gasteiger partial charge on any atom is 0.231 e. The average Bonchev–Trinajstić information content (AvgIpc) is 3.08. The van der Waals surface area contributed by atoms with Crippen molar-refractivity contribution in [2.24, 2.45) is 0 Å². The lowest BCUT2D eigenvalue weighted by molar-refractivity contribution is -0.115. The normalized spacial score (nSPS) is 11.1. The van der Waals surface area contributed by atoms with Gasteiger partial charge in [0.2, 0.25) is 5.91 Å². The molecule has 0 atom stereocenters. The summed E-state index contributed by atoms with van der Waals surface area (Å²) in [7, 11) is 0. The number of hydrogen-bond donors (Lipinski definition) is 1. The second-order valence-electron chi connectivity index (χ2n) is 6.98. The second-order valence-corrected chi connectivity index (χ2v) is 6.98. The summed E-state index contributed by atoms with van der Waals surface area (Å²) in [5.74, 6) is 0.349. The molecular formula is C22H20FN5O2. The van der Waals surface area contributed by atoms with E-state index in [1.54, 1.807) is 29.2 Å².